The fraction of sp³-hybridized carbons (Fsp3) is 0.130. The predicted octanol–water partition coefficient (Wildman–Crippen LogP) is 6.76. The second-order valence-electron chi connectivity index (χ2n) is 5.69. The van der Waals surface area contributed by atoms with Crippen molar-refractivity contribution in [2.24, 2.45) is 0 Å². The van der Waals surface area contributed by atoms with Crippen LogP contribution in [0.2, 0.25) is 0 Å². The molecule has 0 aliphatic carbocycles. The second-order valence-corrected chi connectivity index (χ2v) is 5.69. The van der Waals surface area contributed by atoms with Crippen molar-refractivity contribution < 1.29 is 23.3 Å². The van der Waals surface area contributed by atoms with E-state index in [4.69, 9.17) is 0 Å². The van der Waals surface area contributed by atoms with E-state index >= 15 is 0 Å². The summed E-state index contributed by atoms with van der Waals surface area (Å²) in [7, 11) is 0. The molecule has 0 N–H and O–H groups in total. The first-order valence-corrected chi connectivity index (χ1v) is 11.9. The van der Waals surface area contributed by atoms with Gasteiger partial charge in [0.1, 0.15) is 0 Å². The zero-order chi connectivity index (χ0) is 16.7. The van der Waals surface area contributed by atoms with Crippen molar-refractivity contribution >= 4 is 28.4 Å². The van der Waals surface area contributed by atoms with Gasteiger partial charge in [0.05, 0.1) is 0 Å². The average molecular weight is 422 g/mol. The van der Waals surface area contributed by atoms with E-state index in [9.17, 15) is 0 Å². The molecule has 0 nitrogen and oxygen atoms in total. The summed E-state index contributed by atoms with van der Waals surface area (Å²) in [4.78, 5) is 0. The van der Waals surface area contributed by atoms with E-state index in [-0.39, 0.29) is 14.9 Å². The van der Waals surface area contributed by atoms with Gasteiger partial charge in [-0.05, 0) is 0 Å². The molecule has 0 aromatic heterocycles. The fourth-order valence-electron chi connectivity index (χ4n) is 2.68. The van der Waals surface area contributed by atoms with Crippen molar-refractivity contribution in [3.05, 3.63) is 99.3 Å². The summed E-state index contributed by atoms with van der Waals surface area (Å²) in [5.41, 5.74) is 1.44. The van der Waals surface area contributed by atoms with Crippen LogP contribution in [0.15, 0.2) is 78.9 Å². The smallest absolute Gasteiger partial charge is 0.0771 e. The Hall–Kier alpha value is -1.24. The number of rotatable bonds is 1. The molecule has 0 aliphatic rings. The molecule has 0 spiro atoms. The SMILES string of the molecule is CC(C)c1cc[cH-]c1.[CH3-].[CH3-].[Si]=[Zr].c1ccc2c(c1)[cH-]c1ccccc12. The van der Waals surface area contributed by atoms with Crippen molar-refractivity contribution in [3.63, 3.8) is 0 Å². The monoisotopic (exact) mass is 420 g/mol. The van der Waals surface area contributed by atoms with Crippen LogP contribution >= 0.6 is 0 Å². The molecule has 2 heteroatoms. The van der Waals surface area contributed by atoms with E-state index in [1.165, 1.54) is 50.4 Å². The summed E-state index contributed by atoms with van der Waals surface area (Å²) in [5, 5.41) is 5.39. The summed E-state index contributed by atoms with van der Waals surface area (Å²) < 4.78 is 0. The summed E-state index contributed by atoms with van der Waals surface area (Å²) in [6.45, 7) is 7.47. The number of benzene rings is 2. The molecule has 0 aliphatic heterocycles. The molecule has 0 saturated heterocycles. The summed E-state index contributed by atoms with van der Waals surface area (Å²) in [5.74, 6) is 0.685. The number of fused-ring (bicyclic) bond motifs is 3. The maximum atomic E-state index is 3.06. The molecule has 2 radical (unpaired) electrons. The summed E-state index contributed by atoms with van der Waals surface area (Å²) in [6, 6.07) is 27.7. The maximum Gasteiger partial charge on any atom is -0.0771 e. The minimum atomic E-state index is 0. The van der Waals surface area contributed by atoms with Crippen molar-refractivity contribution in [2.45, 2.75) is 19.8 Å². The van der Waals surface area contributed by atoms with Crippen molar-refractivity contribution in [3.8, 4) is 0 Å². The first-order valence-electron chi connectivity index (χ1n) is 7.75. The van der Waals surface area contributed by atoms with E-state index < -0.39 is 0 Å². The predicted molar refractivity (Wildman–Crippen MR) is 112 cm³/mol. The zero-order valence-corrected chi connectivity index (χ0v) is 19.0. The molecule has 4 aromatic carbocycles. The van der Waals surface area contributed by atoms with Crippen LogP contribution in [0, 0.1) is 14.9 Å². The zero-order valence-electron chi connectivity index (χ0n) is 15.6. The van der Waals surface area contributed by atoms with Crippen LogP contribution in [0.5, 0.6) is 0 Å². The van der Waals surface area contributed by atoms with Crippen LogP contribution in [0.3, 0.4) is 0 Å². The van der Waals surface area contributed by atoms with Crippen LogP contribution in [0.25, 0.3) is 21.5 Å². The Morgan fingerprint density at radius 1 is 0.800 bits per heavy atom. The largest absolute Gasteiger partial charge is 0.126 e. The standard InChI is InChI=1S/C13H9.C8H11.2CH3.Si.Zr/c1-3-7-12-10(5-1)9-11-6-2-4-8-13(11)12;1-7(2)8-5-3-4-6-8;;;;/h1-9H;3-7H,1-2H3;2*1H3;;/q4*-1;;. The van der Waals surface area contributed by atoms with Crippen LogP contribution < -0.4 is 0 Å². The van der Waals surface area contributed by atoms with Crippen molar-refractivity contribution in [2.75, 3.05) is 0 Å². The fourth-order valence-corrected chi connectivity index (χ4v) is 2.68. The molecule has 4 rings (SSSR count). The van der Waals surface area contributed by atoms with Gasteiger partial charge >= 0.3 is 30.2 Å². The van der Waals surface area contributed by atoms with Gasteiger partial charge in [-0.15, -0.1) is 39.7 Å². The third-order valence-electron chi connectivity index (χ3n) is 3.88. The third-order valence-corrected chi connectivity index (χ3v) is 3.88. The van der Waals surface area contributed by atoms with E-state index in [1.54, 1.807) is 0 Å². The van der Waals surface area contributed by atoms with Gasteiger partial charge in [0.25, 0.3) is 0 Å². The van der Waals surface area contributed by atoms with Crippen LogP contribution in [0.1, 0.15) is 25.3 Å². The quantitative estimate of drug-likeness (QED) is 0.235. The molecule has 0 bridgehead atoms. The summed E-state index contributed by atoms with van der Waals surface area (Å²) in [6.07, 6.45) is 0. The second kappa shape index (κ2) is 12.2. The first kappa shape index (κ1) is 23.8. The Morgan fingerprint density at radius 3 is 1.64 bits per heavy atom. The maximum absolute atomic E-state index is 3.06. The third kappa shape index (κ3) is 6.20. The topological polar surface area (TPSA) is 0 Å². The minimum absolute atomic E-state index is 0. The normalized spacial score (nSPS) is 9.20. The average Bonchev–Trinajstić information content (AvgIpc) is 3.25. The van der Waals surface area contributed by atoms with Crippen LogP contribution in [-0.2, 0) is 23.3 Å². The van der Waals surface area contributed by atoms with Gasteiger partial charge in [0.2, 0.25) is 0 Å². The molecule has 25 heavy (non-hydrogen) atoms. The molecular weight excluding hydrogens is 396 g/mol. The van der Waals surface area contributed by atoms with E-state index in [1.807, 2.05) is 0 Å². The number of hydrogen-bond acceptors (Lipinski definition) is 0. The van der Waals surface area contributed by atoms with Crippen molar-refractivity contribution in [1.82, 2.24) is 0 Å². The first-order chi connectivity index (χ1) is 11.3. The Kier molecular flexibility index (Phi) is 11.6. The molecule has 4 aromatic rings. The van der Waals surface area contributed by atoms with Crippen molar-refractivity contribution in [1.29, 1.82) is 0 Å². The van der Waals surface area contributed by atoms with Crippen LogP contribution in [-0.4, -0.2) is 6.88 Å². The molecule has 0 amide bonds. The molecular formula is C23H26SiZr-4. The van der Waals surface area contributed by atoms with Gasteiger partial charge in [0, 0.05) is 0 Å². The van der Waals surface area contributed by atoms with Gasteiger partial charge < -0.3 is 14.9 Å². The Balaban J connectivity index is 0.000000423. The van der Waals surface area contributed by atoms with E-state index in [0.29, 0.717) is 5.92 Å². The molecule has 0 atom stereocenters. The van der Waals surface area contributed by atoms with Gasteiger partial charge in [-0.1, -0.05) is 56.2 Å². The van der Waals surface area contributed by atoms with E-state index in [2.05, 4.69) is 99.6 Å². The van der Waals surface area contributed by atoms with Gasteiger partial charge in [0.15, 0.2) is 0 Å². The summed E-state index contributed by atoms with van der Waals surface area (Å²) >= 11 is 1.36. The Morgan fingerprint density at radius 2 is 1.28 bits per heavy atom. The number of hydrogen-bond donors (Lipinski definition) is 0. The molecule has 0 unspecified atom stereocenters. The molecule has 0 saturated carbocycles. The molecule has 130 valence electrons. The van der Waals surface area contributed by atoms with E-state index in [0.717, 1.165) is 0 Å². The van der Waals surface area contributed by atoms with Gasteiger partial charge in [-0.25, -0.2) is 6.07 Å². The van der Waals surface area contributed by atoms with Gasteiger partial charge in [-0.3, -0.25) is 0 Å². The Bertz CT molecular complexity index is 790. The van der Waals surface area contributed by atoms with Gasteiger partial charge in [-0.2, -0.15) is 23.8 Å². The van der Waals surface area contributed by atoms with Crippen LogP contribution in [0.4, 0.5) is 0 Å². The molecule has 0 heterocycles. The Labute approximate surface area is 170 Å². The minimum Gasteiger partial charge on any atom is -0.126 e. The molecule has 0 fully saturated rings.